The molecule has 4 heteroatoms. The average molecular weight is 116 g/mol. The Labute approximate surface area is 48.9 Å². The Hall–Kier alpha value is -1.06. The molecule has 0 aliphatic rings. The van der Waals surface area contributed by atoms with Crippen LogP contribution in [0.25, 0.3) is 0 Å². The van der Waals surface area contributed by atoms with E-state index in [0.29, 0.717) is 0 Å². The quantitative estimate of drug-likeness (QED) is 0.262. The first-order chi connectivity index (χ1) is 3.46. The lowest BCUT2D eigenvalue weighted by Gasteiger charge is -1.66. The molecule has 0 atom stereocenters. The summed E-state index contributed by atoms with van der Waals surface area (Å²) in [6, 6.07) is 0. The topological polar surface area (TPSA) is 99.7 Å². The molecule has 0 aromatic heterocycles. The van der Waals surface area contributed by atoms with Gasteiger partial charge in [-0.05, 0) is 13.8 Å². The maximum atomic E-state index is 6.28. The summed E-state index contributed by atoms with van der Waals surface area (Å²) in [4.78, 5) is 0. The van der Waals surface area contributed by atoms with E-state index < -0.39 is 0 Å². The summed E-state index contributed by atoms with van der Waals surface area (Å²) in [7, 11) is 0. The fraction of sp³-hybridized carbons (Fsp3) is 0.500. The average Bonchev–Trinajstić information content (AvgIpc) is 1.25. The van der Waals surface area contributed by atoms with E-state index in [-0.39, 0.29) is 11.7 Å². The molecule has 0 heterocycles. The van der Waals surface area contributed by atoms with Gasteiger partial charge in [0.05, 0.1) is 11.7 Å². The van der Waals surface area contributed by atoms with Gasteiger partial charge in [0, 0.05) is 0 Å². The van der Waals surface area contributed by atoms with Crippen molar-refractivity contribution in [1.29, 1.82) is 10.8 Å². The van der Waals surface area contributed by atoms with Gasteiger partial charge in [-0.25, -0.2) is 0 Å². The molecule has 8 heavy (non-hydrogen) atoms. The first-order valence-electron chi connectivity index (χ1n) is 2.08. The van der Waals surface area contributed by atoms with Crippen molar-refractivity contribution < 1.29 is 0 Å². The van der Waals surface area contributed by atoms with Crippen LogP contribution in [0.3, 0.4) is 0 Å². The molecule has 4 nitrogen and oxygen atoms in total. The molecule has 48 valence electrons. The summed E-state index contributed by atoms with van der Waals surface area (Å²) in [5, 5.41) is 12.6. The molecule has 0 rings (SSSR count). The van der Waals surface area contributed by atoms with Gasteiger partial charge < -0.3 is 11.5 Å². The highest BCUT2D eigenvalue weighted by molar-refractivity contribution is 5.73. The second-order valence-corrected chi connectivity index (χ2v) is 1.37. The van der Waals surface area contributed by atoms with Crippen molar-refractivity contribution >= 4 is 11.7 Å². The molecule has 0 aromatic rings. The first kappa shape index (κ1) is 10.0. The van der Waals surface area contributed by atoms with Crippen LogP contribution in [0.4, 0.5) is 0 Å². The predicted molar refractivity (Wildman–Crippen MR) is 35.2 cm³/mol. The Morgan fingerprint density at radius 3 is 1.00 bits per heavy atom. The van der Waals surface area contributed by atoms with Crippen LogP contribution in [-0.4, -0.2) is 11.7 Å². The molecule has 0 aliphatic heterocycles. The SMILES string of the molecule is CC(=N)N.CC(=N)N. The molecule has 0 radical (unpaired) electrons. The Morgan fingerprint density at radius 2 is 1.00 bits per heavy atom. The lowest BCUT2D eigenvalue weighted by atomic mass is 10.8. The molecule has 0 saturated carbocycles. The monoisotopic (exact) mass is 116 g/mol. The number of hydrogen-bond donors (Lipinski definition) is 4. The number of rotatable bonds is 0. The summed E-state index contributed by atoms with van der Waals surface area (Å²) in [6.45, 7) is 3.06. The third kappa shape index (κ3) is 68.3. The number of hydrogen-bond acceptors (Lipinski definition) is 2. The minimum absolute atomic E-state index is 0.167. The minimum Gasteiger partial charge on any atom is -0.388 e. The van der Waals surface area contributed by atoms with Crippen LogP contribution in [0.2, 0.25) is 0 Å². The van der Waals surface area contributed by atoms with Crippen LogP contribution < -0.4 is 11.5 Å². The Bertz CT molecular complexity index is 66.0. The molecule has 0 aromatic carbocycles. The molecule has 6 N–H and O–H groups in total. The van der Waals surface area contributed by atoms with Crippen molar-refractivity contribution in [2.75, 3.05) is 0 Å². The zero-order chi connectivity index (χ0) is 7.15. The standard InChI is InChI=1S/2C2H6N2/c2*1-2(3)4/h2*1H3,(H3,3,4). The maximum Gasteiger partial charge on any atom is 0.0873 e. The summed E-state index contributed by atoms with van der Waals surface area (Å²) in [5.41, 5.74) is 9.39. The third-order valence-electron chi connectivity index (χ3n) is 0. The second kappa shape index (κ2) is 5.94. The van der Waals surface area contributed by atoms with Crippen molar-refractivity contribution in [3.05, 3.63) is 0 Å². The van der Waals surface area contributed by atoms with E-state index in [2.05, 4.69) is 0 Å². The van der Waals surface area contributed by atoms with E-state index in [1.807, 2.05) is 0 Å². The first-order valence-corrected chi connectivity index (χ1v) is 2.08. The van der Waals surface area contributed by atoms with Gasteiger partial charge >= 0.3 is 0 Å². The van der Waals surface area contributed by atoms with E-state index in [9.17, 15) is 0 Å². The number of amidine groups is 2. The molecule has 0 amide bonds. The van der Waals surface area contributed by atoms with Crippen LogP contribution in [0.5, 0.6) is 0 Å². The second-order valence-electron chi connectivity index (χ2n) is 1.37. The van der Waals surface area contributed by atoms with Crippen molar-refractivity contribution in [3.8, 4) is 0 Å². The van der Waals surface area contributed by atoms with Crippen LogP contribution >= 0.6 is 0 Å². The molecular weight excluding hydrogens is 104 g/mol. The third-order valence-corrected chi connectivity index (χ3v) is 0. The molecule has 0 aliphatic carbocycles. The lowest BCUT2D eigenvalue weighted by molar-refractivity contribution is 1.42. The lowest BCUT2D eigenvalue weighted by Crippen LogP contribution is -2.00. The van der Waals surface area contributed by atoms with Gasteiger partial charge in [-0.1, -0.05) is 0 Å². The van der Waals surface area contributed by atoms with Crippen molar-refractivity contribution in [2.45, 2.75) is 13.8 Å². The van der Waals surface area contributed by atoms with Gasteiger partial charge in [0.2, 0.25) is 0 Å². The normalized spacial score (nSPS) is 6.25. The van der Waals surface area contributed by atoms with Crippen molar-refractivity contribution in [1.82, 2.24) is 0 Å². The number of nitrogens with one attached hydrogen (secondary N) is 2. The van der Waals surface area contributed by atoms with Crippen LogP contribution in [-0.2, 0) is 0 Å². The predicted octanol–water partition coefficient (Wildman–Crippen LogP) is -0.115. The van der Waals surface area contributed by atoms with E-state index in [1.165, 1.54) is 13.8 Å². The Kier molecular flexibility index (Phi) is 7.45. The molecule has 0 saturated heterocycles. The zero-order valence-electron chi connectivity index (χ0n) is 5.15. The maximum absolute atomic E-state index is 6.28. The molecule has 0 bridgehead atoms. The highest BCUT2D eigenvalue weighted by atomic mass is 14.7. The summed E-state index contributed by atoms with van der Waals surface area (Å²) in [5.74, 6) is 0.333. The smallest absolute Gasteiger partial charge is 0.0873 e. The fourth-order valence-electron chi connectivity index (χ4n) is 0. The van der Waals surface area contributed by atoms with E-state index in [0.717, 1.165) is 0 Å². The Balaban J connectivity index is 0. The summed E-state index contributed by atoms with van der Waals surface area (Å²) < 4.78 is 0. The van der Waals surface area contributed by atoms with Crippen molar-refractivity contribution in [2.24, 2.45) is 11.5 Å². The van der Waals surface area contributed by atoms with Gasteiger partial charge in [-0.3, -0.25) is 10.8 Å². The van der Waals surface area contributed by atoms with Gasteiger partial charge in [0.15, 0.2) is 0 Å². The van der Waals surface area contributed by atoms with E-state index in [1.54, 1.807) is 0 Å². The van der Waals surface area contributed by atoms with Gasteiger partial charge in [0.1, 0.15) is 0 Å². The largest absolute Gasteiger partial charge is 0.388 e. The van der Waals surface area contributed by atoms with Gasteiger partial charge in [-0.2, -0.15) is 0 Å². The zero-order valence-corrected chi connectivity index (χ0v) is 5.15. The number of nitrogens with two attached hydrogens (primary N) is 2. The highest BCUT2D eigenvalue weighted by Crippen LogP contribution is 1.36. The highest BCUT2D eigenvalue weighted by Gasteiger charge is 1.54. The van der Waals surface area contributed by atoms with Crippen LogP contribution in [0.1, 0.15) is 13.8 Å². The van der Waals surface area contributed by atoms with Crippen molar-refractivity contribution in [3.63, 3.8) is 0 Å². The Morgan fingerprint density at radius 1 is 1.00 bits per heavy atom. The van der Waals surface area contributed by atoms with Gasteiger partial charge in [0.25, 0.3) is 0 Å². The molecule has 0 spiro atoms. The molecule has 0 unspecified atom stereocenters. The summed E-state index contributed by atoms with van der Waals surface area (Å²) >= 11 is 0. The fourth-order valence-corrected chi connectivity index (χ4v) is 0. The van der Waals surface area contributed by atoms with Crippen LogP contribution in [0, 0.1) is 10.8 Å². The minimum atomic E-state index is 0.167. The van der Waals surface area contributed by atoms with E-state index in [4.69, 9.17) is 22.3 Å². The molecule has 0 fully saturated rings. The van der Waals surface area contributed by atoms with Gasteiger partial charge in [-0.15, -0.1) is 0 Å². The molecular formula is C4H12N4. The van der Waals surface area contributed by atoms with E-state index >= 15 is 0 Å². The summed E-state index contributed by atoms with van der Waals surface area (Å²) in [6.07, 6.45) is 0. The van der Waals surface area contributed by atoms with Crippen LogP contribution in [0.15, 0.2) is 0 Å².